The average Bonchev–Trinajstić information content (AvgIpc) is 3.25. The molecule has 3 aromatic carbocycles. The molecule has 0 radical (unpaired) electrons. The van der Waals surface area contributed by atoms with Crippen molar-refractivity contribution in [3.63, 3.8) is 0 Å². The molecule has 5 aromatic rings. The molecular weight excluding hydrogens is 402 g/mol. The van der Waals surface area contributed by atoms with Crippen LogP contribution in [0.25, 0.3) is 16.7 Å². The van der Waals surface area contributed by atoms with Crippen molar-refractivity contribution in [2.75, 3.05) is 5.32 Å². The molecular formula is C22H14ClN5O2. The maximum Gasteiger partial charge on any atom is 0.266 e. The number of carbonyl (C=O) groups excluding carboxylic acids is 1. The maximum atomic E-state index is 12.5. The van der Waals surface area contributed by atoms with Crippen molar-refractivity contribution in [1.82, 2.24) is 19.6 Å². The molecule has 0 aliphatic carbocycles. The first kappa shape index (κ1) is 18.1. The van der Waals surface area contributed by atoms with Crippen LogP contribution in [-0.4, -0.2) is 25.5 Å². The summed E-state index contributed by atoms with van der Waals surface area (Å²) in [5.41, 5.74) is 3.09. The summed E-state index contributed by atoms with van der Waals surface area (Å²) in [6.07, 6.45) is 1.62. The Kier molecular flexibility index (Phi) is 4.49. The van der Waals surface area contributed by atoms with Gasteiger partial charge in [0.15, 0.2) is 0 Å². The molecule has 0 spiro atoms. The molecule has 0 atom stereocenters. The number of nitrogens with zero attached hydrogens (tertiary/aromatic N) is 4. The van der Waals surface area contributed by atoms with Crippen molar-refractivity contribution in [2.24, 2.45) is 0 Å². The monoisotopic (exact) mass is 415 g/mol. The fraction of sp³-hybridized carbons (Fsp3) is 0. The second-order valence-electron chi connectivity index (χ2n) is 6.49. The number of halogens is 1. The highest BCUT2D eigenvalue weighted by atomic mass is 35.5. The molecule has 2 heterocycles. The van der Waals surface area contributed by atoms with Crippen LogP contribution in [0.15, 0.2) is 79.1 Å². The Morgan fingerprint density at radius 2 is 1.83 bits per heavy atom. The van der Waals surface area contributed by atoms with E-state index in [1.54, 1.807) is 54.9 Å². The third kappa shape index (κ3) is 3.31. The van der Waals surface area contributed by atoms with Gasteiger partial charge in [-0.25, -0.2) is 4.98 Å². The number of hydrogen-bond acceptors (Lipinski definition) is 5. The maximum absolute atomic E-state index is 12.5. The molecule has 7 nitrogen and oxygen atoms in total. The third-order valence-electron chi connectivity index (χ3n) is 4.53. The molecule has 0 aliphatic heterocycles. The van der Waals surface area contributed by atoms with Gasteiger partial charge in [-0.3, -0.25) is 9.20 Å². The molecule has 1 amide bonds. The minimum absolute atomic E-state index is 0.304. The number of ether oxygens (including phenoxy) is 1. The Labute approximate surface area is 175 Å². The fourth-order valence-corrected chi connectivity index (χ4v) is 3.36. The van der Waals surface area contributed by atoms with Crippen molar-refractivity contribution in [1.29, 1.82) is 0 Å². The SMILES string of the molecule is O=C(Nc1cccc(Oc2nc3ccccc3n3cnnc23)c1)c1ccccc1Cl. The van der Waals surface area contributed by atoms with E-state index in [2.05, 4.69) is 20.5 Å². The lowest BCUT2D eigenvalue weighted by atomic mass is 10.2. The second kappa shape index (κ2) is 7.46. The molecule has 0 saturated heterocycles. The van der Waals surface area contributed by atoms with Crippen LogP contribution in [0.5, 0.6) is 11.6 Å². The van der Waals surface area contributed by atoms with E-state index in [4.69, 9.17) is 16.3 Å². The average molecular weight is 416 g/mol. The van der Waals surface area contributed by atoms with E-state index in [0.29, 0.717) is 33.6 Å². The van der Waals surface area contributed by atoms with Crippen molar-refractivity contribution in [2.45, 2.75) is 0 Å². The zero-order chi connectivity index (χ0) is 20.5. The molecule has 1 N–H and O–H groups in total. The predicted molar refractivity (Wildman–Crippen MR) is 114 cm³/mol. The summed E-state index contributed by atoms with van der Waals surface area (Å²) < 4.78 is 7.82. The number of hydrogen-bond donors (Lipinski definition) is 1. The van der Waals surface area contributed by atoms with Crippen LogP contribution in [0.2, 0.25) is 5.02 Å². The normalized spacial score (nSPS) is 11.0. The molecule has 8 heteroatoms. The summed E-state index contributed by atoms with van der Waals surface area (Å²) in [5.74, 6) is 0.516. The Morgan fingerprint density at radius 1 is 1.00 bits per heavy atom. The summed E-state index contributed by atoms with van der Waals surface area (Å²) in [5, 5.41) is 11.3. The first-order valence-electron chi connectivity index (χ1n) is 9.11. The zero-order valence-corrected chi connectivity index (χ0v) is 16.2. The number of nitrogens with one attached hydrogen (secondary N) is 1. The van der Waals surface area contributed by atoms with E-state index in [1.165, 1.54) is 0 Å². The summed E-state index contributed by atoms with van der Waals surface area (Å²) in [6.45, 7) is 0. The number of carbonyl (C=O) groups is 1. The van der Waals surface area contributed by atoms with Crippen LogP contribution in [0.3, 0.4) is 0 Å². The van der Waals surface area contributed by atoms with Gasteiger partial charge in [0.2, 0.25) is 5.65 Å². The van der Waals surface area contributed by atoms with Gasteiger partial charge in [-0.05, 0) is 36.4 Å². The van der Waals surface area contributed by atoms with E-state index in [1.807, 2.05) is 28.7 Å². The lowest BCUT2D eigenvalue weighted by molar-refractivity contribution is 0.102. The van der Waals surface area contributed by atoms with Crippen molar-refractivity contribution in [3.8, 4) is 11.6 Å². The molecule has 2 aromatic heterocycles. The summed E-state index contributed by atoms with van der Waals surface area (Å²) in [7, 11) is 0. The van der Waals surface area contributed by atoms with E-state index in [-0.39, 0.29) is 5.91 Å². The van der Waals surface area contributed by atoms with Gasteiger partial charge in [0, 0.05) is 11.8 Å². The van der Waals surface area contributed by atoms with Gasteiger partial charge in [-0.1, -0.05) is 41.9 Å². The number of anilines is 1. The zero-order valence-electron chi connectivity index (χ0n) is 15.5. The van der Waals surface area contributed by atoms with Gasteiger partial charge in [0.1, 0.15) is 12.1 Å². The minimum Gasteiger partial charge on any atom is -0.436 e. The summed E-state index contributed by atoms with van der Waals surface area (Å²) >= 11 is 6.11. The molecule has 30 heavy (non-hydrogen) atoms. The Morgan fingerprint density at radius 3 is 2.73 bits per heavy atom. The Hall–Kier alpha value is -3.97. The number of para-hydroxylation sites is 2. The number of amides is 1. The molecule has 146 valence electrons. The van der Waals surface area contributed by atoms with Crippen molar-refractivity contribution >= 4 is 39.9 Å². The van der Waals surface area contributed by atoms with Gasteiger partial charge in [-0.15, -0.1) is 10.2 Å². The Balaban J connectivity index is 1.46. The summed E-state index contributed by atoms with van der Waals surface area (Å²) in [4.78, 5) is 17.1. The lowest BCUT2D eigenvalue weighted by Crippen LogP contribution is -2.12. The van der Waals surface area contributed by atoms with Gasteiger partial charge < -0.3 is 10.1 Å². The van der Waals surface area contributed by atoms with Crippen LogP contribution in [0.1, 0.15) is 10.4 Å². The van der Waals surface area contributed by atoms with Crippen LogP contribution in [-0.2, 0) is 0 Å². The Bertz CT molecular complexity index is 1400. The highest BCUT2D eigenvalue weighted by molar-refractivity contribution is 6.34. The molecule has 0 saturated carbocycles. The minimum atomic E-state index is -0.304. The first-order valence-corrected chi connectivity index (χ1v) is 9.49. The van der Waals surface area contributed by atoms with Crippen molar-refractivity contribution < 1.29 is 9.53 Å². The van der Waals surface area contributed by atoms with Gasteiger partial charge >= 0.3 is 0 Å². The van der Waals surface area contributed by atoms with E-state index in [0.717, 1.165) is 11.0 Å². The van der Waals surface area contributed by atoms with E-state index >= 15 is 0 Å². The standard InChI is InChI=1S/C22H14ClN5O2/c23-17-9-2-1-8-16(17)21(29)25-14-6-5-7-15(12-14)30-22-20-27-24-13-28(20)19-11-4-3-10-18(19)26-22/h1-13H,(H,25,29). The second-order valence-corrected chi connectivity index (χ2v) is 6.90. The van der Waals surface area contributed by atoms with Crippen LogP contribution in [0, 0.1) is 0 Å². The molecule has 5 rings (SSSR count). The van der Waals surface area contributed by atoms with E-state index < -0.39 is 0 Å². The number of aromatic nitrogens is 4. The van der Waals surface area contributed by atoms with Gasteiger partial charge in [0.25, 0.3) is 11.8 Å². The van der Waals surface area contributed by atoms with Gasteiger partial charge in [0.05, 0.1) is 21.6 Å². The van der Waals surface area contributed by atoms with Gasteiger partial charge in [-0.2, -0.15) is 0 Å². The fourth-order valence-electron chi connectivity index (χ4n) is 3.14. The molecule has 0 aliphatic rings. The largest absolute Gasteiger partial charge is 0.436 e. The summed E-state index contributed by atoms with van der Waals surface area (Å²) in [6, 6.07) is 21.6. The number of benzene rings is 3. The first-order chi connectivity index (χ1) is 14.7. The topological polar surface area (TPSA) is 81.4 Å². The van der Waals surface area contributed by atoms with Crippen LogP contribution < -0.4 is 10.1 Å². The van der Waals surface area contributed by atoms with Crippen LogP contribution in [0.4, 0.5) is 5.69 Å². The molecule has 0 bridgehead atoms. The third-order valence-corrected chi connectivity index (χ3v) is 4.86. The lowest BCUT2D eigenvalue weighted by Gasteiger charge is -2.10. The number of fused-ring (bicyclic) bond motifs is 3. The smallest absolute Gasteiger partial charge is 0.266 e. The molecule has 0 fully saturated rings. The highest BCUT2D eigenvalue weighted by Crippen LogP contribution is 2.28. The van der Waals surface area contributed by atoms with Crippen LogP contribution >= 0.6 is 11.6 Å². The highest BCUT2D eigenvalue weighted by Gasteiger charge is 2.14. The van der Waals surface area contributed by atoms with Crippen molar-refractivity contribution in [3.05, 3.63) is 89.7 Å². The predicted octanol–water partition coefficient (Wildman–Crippen LogP) is 4.98. The van der Waals surface area contributed by atoms with E-state index in [9.17, 15) is 4.79 Å². The molecule has 0 unspecified atom stereocenters. The quantitative estimate of drug-likeness (QED) is 0.448. The number of rotatable bonds is 4.